The smallest absolute Gasteiger partial charge is 0.345 e. The summed E-state index contributed by atoms with van der Waals surface area (Å²) in [5.41, 5.74) is 3.08. The SMILES string of the molecule is Cc1oc2ccc(-c3ccccc3)cc2[n+]1CS(=O)(=O)[O-]. The van der Waals surface area contributed by atoms with Gasteiger partial charge in [-0.25, -0.2) is 8.42 Å². The number of aryl methyl sites for hydroxylation is 1. The topological polar surface area (TPSA) is 74.2 Å². The molecular formula is C15H13NO4S. The zero-order valence-electron chi connectivity index (χ0n) is 11.3. The van der Waals surface area contributed by atoms with E-state index >= 15 is 0 Å². The van der Waals surface area contributed by atoms with Crippen molar-refractivity contribution >= 4 is 21.2 Å². The quantitative estimate of drug-likeness (QED) is 0.549. The van der Waals surface area contributed by atoms with Crippen molar-refractivity contribution in [1.29, 1.82) is 0 Å². The highest BCUT2D eigenvalue weighted by molar-refractivity contribution is 7.84. The lowest BCUT2D eigenvalue weighted by molar-refractivity contribution is -0.663. The molecule has 2 aromatic carbocycles. The first-order valence-electron chi connectivity index (χ1n) is 6.36. The van der Waals surface area contributed by atoms with E-state index in [-0.39, 0.29) is 0 Å². The Hall–Kier alpha value is -2.18. The van der Waals surface area contributed by atoms with Crippen molar-refractivity contribution in [2.75, 3.05) is 0 Å². The first-order chi connectivity index (χ1) is 9.94. The van der Waals surface area contributed by atoms with Gasteiger partial charge >= 0.3 is 5.89 Å². The normalized spacial score (nSPS) is 11.9. The Morgan fingerprint density at radius 2 is 1.81 bits per heavy atom. The highest BCUT2D eigenvalue weighted by Gasteiger charge is 2.21. The van der Waals surface area contributed by atoms with E-state index in [1.165, 1.54) is 4.57 Å². The summed E-state index contributed by atoms with van der Waals surface area (Å²) in [7, 11) is -4.39. The molecule has 0 N–H and O–H groups in total. The molecule has 5 nitrogen and oxygen atoms in total. The second kappa shape index (κ2) is 4.98. The van der Waals surface area contributed by atoms with Crippen LogP contribution in [0.25, 0.3) is 22.2 Å². The van der Waals surface area contributed by atoms with Crippen LogP contribution >= 0.6 is 0 Å². The van der Waals surface area contributed by atoms with Gasteiger partial charge in [-0.15, -0.1) is 4.57 Å². The van der Waals surface area contributed by atoms with Crippen molar-refractivity contribution in [3.05, 3.63) is 54.4 Å². The summed E-state index contributed by atoms with van der Waals surface area (Å²) in [4.78, 5) is 0. The van der Waals surface area contributed by atoms with Gasteiger partial charge in [-0.1, -0.05) is 36.4 Å². The molecule has 108 valence electrons. The van der Waals surface area contributed by atoms with E-state index in [0.29, 0.717) is 17.0 Å². The fraction of sp³-hybridized carbons (Fsp3) is 0.133. The van der Waals surface area contributed by atoms with Crippen LogP contribution in [0.1, 0.15) is 5.89 Å². The summed E-state index contributed by atoms with van der Waals surface area (Å²) in [6, 6.07) is 15.2. The lowest BCUT2D eigenvalue weighted by Crippen LogP contribution is -2.39. The van der Waals surface area contributed by atoms with Gasteiger partial charge in [0, 0.05) is 6.07 Å². The fourth-order valence-electron chi connectivity index (χ4n) is 2.33. The molecule has 0 fully saturated rings. The Bertz CT molecular complexity index is 898. The van der Waals surface area contributed by atoms with E-state index < -0.39 is 16.0 Å². The van der Waals surface area contributed by atoms with Crippen molar-refractivity contribution in [1.82, 2.24) is 0 Å². The number of hydrogen-bond donors (Lipinski definition) is 0. The first kappa shape index (κ1) is 13.8. The molecule has 3 rings (SSSR count). The Morgan fingerprint density at radius 1 is 1.10 bits per heavy atom. The van der Waals surface area contributed by atoms with E-state index in [4.69, 9.17) is 4.42 Å². The van der Waals surface area contributed by atoms with E-state index in [9.17, 15) is 13.0 Å². The van der Waals surface area contributed by atoms with Gasteiger partial charge < -0.3 is 8.97 Å². The van der Waals surface area contributed by atoms with Crippen LogP contribution in [0.2, 0.25) is 0 Å². The van der Waals surface area contributed by atoms with E-state index in [1.807, 2.05) is 42.5 Å². The summed E-state index contributed by atoms with van der Waals surface area (Å²) < 4.78 is 40.0. The maximum atomic E-state index is 11.0. The molecular weight excluding hydrogens is 290 g/mol. The lowest BCUT2D eigenvalue weighted by atomic mass is 10.1. The Morgan fingerprint density at radius 3 is 2.48 bits per heavy atom. The summed E-state index contributed by atoms with van der Waals surface area (Å²) in [6.07, 6.45) is 0. The van der Waals surface area contributed by atoms with Crippen LogP contribution in [0.15, 0.2) is 52.9 Å². The minimum absolute atomic E-state index is 0.384. The van der Waals surface area contributed by atoms with E-state index in [2.05, 4.69) is 0 Å². The standard InChI is InChI=1S/C15H13NO4S/c1-11-16(10-21(17,18)19)14-9-13(7-8-15(14)20-11)12-5-3-2-4-6-12/h2-9H,10H2,1H3. The average molecular weight is 303 g/mol. The average Bonchev–Trinajstić information content (AvgIpc) is 2.74. The van der Waals surface area contributed by atoms with E-state index in [0.717, 1.165) is 11.1 Å². The van der Waals surface area contributed by atoms with Gasteiger partial charge in [0.05, 0.1) is 6.92 Å². The summed E-state index contributed by atoms with van der Waals surface area (Å²) in [5.74, 6) is -0.251. The zero-order chi connectivity index (χ0) is 15.0. The molecule has 0 radical (unpaired) electrons. The van der Waals surface area contributed by atoms with Gasteiger partial charge in [0.2, 0.25) is 11.5 Å². The second-order valence-corrected chi connectivity index (χ2v) is 6.16. The first-order valence-corrected chi connectivity index (χ1v) is 7.94. The predicted molar refractivity (Wildman–Crippen MR) is 76.3 cm³/mol. The number of aromatic nitrogens is 1. The molecule has 0 atom stereocenters. The molecule has 0 aliphatic carbocycles. The van der Waals surface area contributed by atoms with Crippen LogP contribution in [0.4, 0.5) is 0 Å². The monoisotopic (exact) mass is 303 g/mol. The summed E-state index contributed by atoms with van der Waals surface area (Å²) >= 11 is 0. The largest absolute Gasteiger partial charge is 0.743 e. The number of rotatable bonds is 3. The van der Waals surface area contributed by atoms with Crippen molar-refractivity contribution < 1.29 is 22.0 Å². The van der Waals surface area contributed by atoms with Crippen LogP contribution < -0.4 is 4.57 Å². The van der Waals surface area contributed by atoms with Gasteiger partial charge in [0.1, 0.15) is 0 Å². The van der Waals surface area contributed by atoms with Crippen LogP contribution in [-0.2, 0) is 16.0 Å². The maximum absolute atomic E-state index is 11.0. The van der Waals surface area contributed by atoms with Crippen molar-refractivity contribution in [3.8, 4) is 11.1 Å². The molecule has 21 heavy (non-hydrogen) atoms. The highest BCUT2D eigenvalue weighted by Crippen LogP contribution is 2.23. The van der Waals surface area contributed by atoms with E-state index in [1.54, 1.807) is 13.0 Å². The minimum atomic E-state index is -4.39. The Kier molecular flexibility index (Phi) is 3.27. The van der Waals surface area contributed by atoms with Crippen LogP contribution in [0.3, 0.4) is 0 Å². The van der Waals surface area contributed by atoms with Crippen molar-refractivity contribution in [3.63, 3.8) is 0 Å². The Labute approximate surface area is 122 Å². The molecule has 0 bridgehead atoms. The van der Waals surface area contributed by atoms with Crippen LogP contribution in [-0.4, -0.2) is 13.0 Å². The van der Waals surface area contributed by atoms with Crippen molar-refractivity contribution in [2.24, 2.45) is 0 Å². The predicted octanol–water partition coefficient (Wildman–Crippen LogP) is 2.20. The lowest BCUT2D eigenvalue weighted by Gasteiger charge is -2.02. The maximum Gasteiger partial charge on any atom is 0.345 e. The highest BCUT2D eigenvalue weighted by atomic mass is 32.2. The number of hydrogen-bond acceptors (Lipinski definition) is 4. The number of nitrogens with zero attached hydrogens (tertiary/aromatic N) is 1. The third-order valence-electron chi connectivity index (χ3n) is 3.28. The number of oxazole rings is 1. The second-order valence-electron chi connectivity index (χ2n) is 4.78. The van der Waals surface area contributed by atoms with Gasteiger partial charge in [0.15, 0.2) is 10.1 Å². The summed E-state index contributed by atoms with van der Waals surface area (Å²) in [6.45, 7) is 1.63. The van der Waals surface area contributed by atoms with Gasteiger partial charge in [-0.2, -0.15) is 0 Å². The summed E-state index contributed by atoms with van der Waals surface area (Å²) in [5, 5.41) is 0. The molecule has 0 amide bonds. The number of fused-ring (bicyclic) bond motifs is 1. The molecule has 0 spiro atoms. The molecule has 0 saturated heterocycles. The molecule has 0 aliphatic rings. The van der Waals surface area contributed by atoms with Gasteiger partial charge in [0.25, 0.3) is 5.52 Å². The van der Waals surface area contributed by atoms with Crippen LogP contribution in [0.5, 0.6) is 0 Å². The molecule has 0 saturated carbocycles. The third kappa shape index (κ3) is 2.81. The molecule has 1 aromatic heterocycles. The molecule has 3 aromatic rings. The van der Waals surface area contributed by atoms with Crippen molar-refractivity contribution in [2.45, 2.75) is 12.8 Å². The third-order valence-corrected chi connectivity index (χ3v) is 3.86. The molecule has 6 heteroatoms. The number of benzene rings is 2. The van der Waals surface area contributed by atoms with Crippen LogP contribution in [0, 0.1) is 6.92 Å². The molecule has 0 unspecified atom stereocenters. The molecule has 1 heterocycles. The fourth-order valence-corrected chi connectivity index (χ4v) is 2.96. The molecule has 0 aliphatic heterocycles. The van der Waals surface area contributed by atoms with Gasteiger partial charge in [-0.3, -0.25) is 0 Å². The zero-order valence-corrected chi connectivity index (χ0v) is 12.1. The minimum Gasteiger partial charge on any atom is -0.743 e. The Balaban J connectivity index is 2.18. The van der Waals surface area contributed by atoms with Gasteiger partial charge in [-0.05, 0) is 17.2 Å².